The molecular weight excluding hydrogens is 358 g/mol. The Kier molecular flexibility index (Phi) is 7.20. The fourth-order valence-corrected chi connectivity index (χ4v) is 3.06. The number of methoxy groups -OCH3 is 1. The van der Waals surface area contributed by atoms with Gasteiger partial charge in [0.15, 0.2) is 0 Å². The van der Waals surface area contributed by atoms with Crippen molar-refractivity contribution in [2.75, 3.05) is 20.3 Å². The molecule has 6 heteroatoms. The highest BCUT2D eigenvalue weighted by molar-refractivity contribution is 9.10. The number of nitrogens with two attached hydrogens (primary N) is 1. The Balaban J connectivity index is 2.09. The number of halogens is 1. The second-order valence-electron chi connectivity index (χ2n) is 5.65. The highest BCUT2D eigenvalue weighted by atomic mass is 79.9. The lowest BCUT2D eigenvalue weighted by atomic mass is 10.00. The van der Waals surface area contributed by atoms with Crippen molar-refractivity contribution >= 4 is 27.9 Å². The van der Waals surface area contributed by atoms with Crippen molar-refractivity contribution in [3.05, 3.63) is 33.8 Å². The number of aliphatic imine (C=N–C) groups is 1. The SMILES string of the molecule is COC(/C(C=NCC1CCCCO1)=N/N)c1cc(Br)ccc1C. The van der Waals surface area contributed by atoms with E-state index in [4.69, 9.17) is 15.3 Å². The second-order valence-corrected chi connectivity index (χ2v) is 6.57. The molecule has 1 aromatic rings. The predicted octanol–water partition coefficient (Wildman–Crippen LogP) is 3.40. The van der Waals surface area contributed by atoms with Gasteiger partial charge in [0.2, 0.25) is 0 Å². The summed E-state index contributed by atoms with van der Waals surface area (Å²) >= 11 is 3.49. The lowest BCUT2D eigenvalue weighted by molar-refractivity contribution is 0.0226. The third-order valence-electron chi connectivity index (χ3n) is 3.98. The fraction of sp³-hybridized carbons (Fsp3) is 0.529. The first-order valence-electron chi connectivity index (χ1n) is 7.83. The highest BCUT2D eigenvalue weighted by Gasteiger charge is 2.19. The van der Waals surface area contributed by atoms with Gasteiger partial charge >= 0.3 is 0 Å². The van der Waals surface area contributed by atoms with Gasteiger partial charge in [-0.25, -0.2) is 0 Å². The second kappa shape index (κ2) is 9.15. The average Bonchev–Trinajstić information content (AvgIpc) is 2.58. The van der Waals surface area contributed by atoms with Gasteiger partial charge in [-0.2, -0.15) is 5.10 Å². The van der Waals surface area contributed by atoms with E-state index in [1.54, 1.807) is 13.3 Å². The first kappa shape index (κ1) is 18.1. The molecule has 1 aromatic carbocycles. The number of benzene rings is 1. The number of hydrogen-bond acceptors (Lipinski definition) is 5. The minimum Gasteiger partial charge on any atom is -0.376 e. The Hall–Kier alpha value is -1.24. The van der Waals surface area contributed by atoms with Gasteiger partial charge < -0.3 is 15.3 Å². The fourth-order valence-electron chi connectivity index (χ4n) is 2.68. The van der Waals surface area contributed by atoms with Crippen LogP contribution in [0, 0.1) is 6.92 Å². The maximum Gasteiger partial charge on any atom is 0.128 e. The number of hydrogen-bond donors (Lipinski definition) is 1. The van der Waals surface area contributed by atoms with E-state index < -0.39 is 0 Å². The molecule has 1 heterocycles. The Morgan fingerprint density at radius 1 is 1.52 bits per heavy atom. The minimum absolute atomic E-state index is 0.202. The summed E-state index contributed by atoms with van der Waals surface area (Å²) in [6, 6.07) is 6.05. The van der Waals surface area contributed by atoms with Crippen LogP contribution in [-0.4, -0.2) is 38.3 Å². The van der Waals surface area contributed by atoms with Gasteiger partial charge in [-0.15, -0.1) is 0 Å². The van der Waals surface area contributed by atoms with E-state index in [1.165, 1.54) is 6.42 Å². The van der Waals surface area contributed by atoms with Gasteiger partial charge in [0, 0.05) is 24.4 Å². The van der Waals surface area contributed by atoms with E-state index in [1.807, 2.05) is 25.1 Å². The van der Waals surface area contributed by atoms with Crippen LogP contribution in [0.3, 0.4) is 0 Å². The molecule has 1 saturated heterocycles. The van der Waals surface area contributed by atoms with Crippen LogP contribution in [0.4, 0.5) is 0 Å². The smallest absolute Gasteiger partial charge is 0.128 e. The average molecular weight is 382 g/mol. The summed E-state index contributed by atoms with van der Waals surface area (Å²) in [5.74, 6) is 5.57. The molecule has 0 radical (unpaired) electrons. The predicted molar refractivity (Wildman–Crippen MR) is 97.2 cm³/mol. The highest BCUT2D eigenvalue weighted by Crippen LogP contribution is 2.25. The maximum atomic E-state index is 5.68. The summed E-state index contributed by atoms with van der Waals surface area (Å²) in [6.45, 7) is 3.50. The zero-order chi connectivity index (χ0) is 16.7. The number of hydrazone groups is 1. The van der Waals surface area contributed by atoms with E-state index in [0.29, 0.717) is 12.3 Å². The van der Waals surface area contributed by atoms with E-state index in [-0.39, 0.29) is 12.2 Å². The number of aryl methyl sites for hydroxylation is 1. The molecule has 0 amide bonds. The zero-order valence-electron chi connectivity index (χ0n) is 13.7. The number of rotatable bonds is 6. The van der Waals surface area contributed by atoms with Crippen molar-refractivity contribution in [1.29, 1.82) is 0 Å². The Morgan fingerprint density at radius 2 is 2.35 bits per heavy atom. The number of nitrogens with zero attached hydrogens (tertiary/aromatic N) is 2. The van der Waals surface area contributed by atoms with Crippen LogP contribution in [0.5, 0.6) is 0 Å². The Labute approximate surface area is 146 Å². The molecule has 0 spiro atoms. The largest absolute Gasteiger partial charge is 0.376 e. The van der Waals surface area contributed by atoms with Crippen LogP contribution >= 0.6 is 15.9 Å². The van der Waals surface area contributed by atoms with Gasteiger partial charge in [-0.1, -0.05) is 22.0 Å². The lowest BCUT2D eigenvalue weighted by Gasteiger charge is -2.21. The summed E-state index contributed by atoms with van der Waals surface area (Å²) in [4.78, 5) is 4.46. The monoisotopic (exact) mass is 381 g/mol. The molecule has 5 nitrogen and oxygen atoms in total. The van der Waals surface area contributed by atoms with Crippen LogP contribution < -0.4 is 5.84 Å². The van der Waals surface area contributed by atoms with Crippen LogP contribution in [-0.2, 0) is 9.47 Å². The van der Waals surface area contributed by atoms with Gasteiger partial charge in [-0.3, -0.25) is 4.99 Å². The minimum atomic E-state index is -0.339. The molecule has 1 aliphatic heterocycles. The molecule has 2 rings (SSSR count). The summed E-state index contributed by atoms with van der Waals surface area (Å²) in [7, 11) is 1.65. The number of ether oxygens (including phenoxy) is 2. The molecule has 2 unspecified atom stereocenters. The van der Waals surface area contributed by atoms with E-state index in [2.05, 4.69) is 26.0 Å². The maximum absolute atomic E-state index is 5.68. The van der Waals surface area contributed by atoms with E-state index in [0.717, 1.165) is 35.0 Å². The van der Waals surface area contributed by atoms with Crippen molar-refractivity contribution in [2.45, 2.75) is 38.4 Å². The zero-order valence-corrected chi connectivity index (χ0v) is 15.3. The molecule has 23 heavy (non-hydrogen) atoms. The topological polar surface area (TPSA) is 69.2 Å². The summed E-state index contributed by atoms with van der Waals surface area (Å²) in [6.07, 6.45) is 4.97. The van der Waals surface area contributed by atoms with Crippen molar-refractivity contribution in [3.8, 4) is 0 Å². The van der Waals surface area contributed by atoms with Gasteiger partial charge in [-0.05, 0) is 49.4 Å². The van der Waals surface area contributed by atoms with Crippen molar-refractivity contribution < 1.29 is 9.47 Å². The van der Waals surface area contributed by atoms with Crippen LogP contribution in [0.2, 0.25) is 0 Å². The Bertz CT molecular complexity index is 569. The van der Waals surface area contributed by atoms with Crippen LogP contribution in [0.1, 0.15) is 36.5 Å². The summed E-state index contributed by atoms with van der Waals surface area (Å²) in [5, 5.41) is 3.88. The molecule has 2 atom stereocenters. The molecule has 2 N–H and O–H groups in total. The molecule has 126 valence electrons. The van der Waals surface area contributed by atoms with Crippen LogP contribution in [0.15, 0.2) is 32.8 Å². The lowest BCUT2D eigenvalue weighted by Crippen LogP contribution is -2.23. The molecule has 0 aliphatic carbocycles. The van der Waals surface area contributed by atoms with Crippen molar-refractivity contribution in [1.82, 2.24) is 0 Å². The third-order valence-corrected chi connectivity index (χ3v) is 4.48. The third kappa shape index (κ3) is 5.12. The quantitative estimate of drug-likeness (QED) is 0.466. The molecule has 0 bridgehead atoms. The molecule has 1 fully saturated rings. The first-order chi connectivity index (χ1) is 11.2. The van der Waals surface area contributed by atoms with Crippen molar-refractivity contribution in [3.63, 3.8) is 0 Å². The van der Waals surface area contributed by atoms with Gasteiger partial charge in [0.25, 0.3) is 0 Å². The summed E-state index contributed by atoms with van der Waals surface area (Å²) < 4.78 is 12.3. The molecule has 0 aromatic heterocycles. The molecule has 0 saturated carbocycles. The Morgan fingerprint density at radius 3 is 3.00 bits per heavy atom. The van der Waals surface area contributed by atoms with Gasteiger partial charge in [0.05, 0.1) is 12.6 Å². The van der Waals surface area contributed by atoms with Gasteiger partial charge in [0.1, 0.15) is 11.8 Å². The van der Waals surface area contributed by atoms with Crippen LogP contribution in [0.25, 0.3) is 0 Å². The van der Waals surface area contributed by atoms with E-state index in [9.17, 15) is 0 Å². The first-order valence-corrected chi connectivity index (χ1v) is 8.63. The normalized spacial score (nSPS) is 20.8. The standard InChI is InChI=1S/C17H24BrN3O2/c1-12-6-7-13(18)9-15(12)17(22-2)16(21-19)11-20-10-14-5-3-4-8-23-14/h6-7,9,11,14,17H,3-5,8,10,19H2,1-2H3/b20-11?,21-16+. The molecule has 1 aliphatic rings. The summed E-state index contributed by atoms with van der Waals surface area (Å²) in [5.41, 5.74) is 2.74. The van der Waals surface area contributed by atoms with E-state index >= 15 is 0 Å². The molecular formula is C17H24BrN3O2. The van der Waals surface area contributed by atoms with Crippen molar-refractivity contribution in [2.24, 2.45) is 15.9 Å².